The maximum Gasteiger partial charge on any atom is 0.313 e. The van der Waals surface area contributed by atoms with E-state index in [1.807, 2.05) is 6.92 Å². The summed E-state index contributed by atoms with van der Waals surface area (Å²) < 4.78 is 6.47. The van der Waals surface area contributed by atoms with Crippen molar-refractivity contribution >= 4 is 11.8 Å². The third kappa shape index (κ3) is 2.50. The van der Waals surface area contributed by atoms with Gasteiger partial charge < -0.3 is 14.9 Å². The summed E-state index contributed by atoms with van der Waals surface area (Å²) in [4.78, 5) is 32.0. The van der Waals surface area contributed by atoms with Crippen LogP contribution in [0.2, 0.25) is 0 Å². The SMILES string of the molecule is [C-]#[N+]C1=C(O)[C@@](C)(C(C)O)[C@@H]2CC[C@]3(C)C(=CC(=O)[C@]45OC(=O)[C@@]6(CCC(C)(C)C[C@H]64)CC[C@@]35C)[C@@]2(C)C1. The number of esters is 1. The molecule has 0 amide bonds. The van der Waals surface area contributed by atoms with Crippen LogP contribution in [0.1, 0.15) is 99.8 Å². The highest BCUT2D eigenvalue weighted by atomic mass is 16.6. The normalized spacial score (nSPS) is 51.5. The van der Waals surface area contributed by atoms with Gasteiger partial charge in [-0.15, -0.1) is 0 Å². The van der Waals surface area contributed by atoms with Crippen molar-refractivity contribution in [1.29, 1.82) is 0 Å². The highest BCUT2D eigenvalue weighted by Gasteiger charge is 2.82. The van der Waals surface area contributed by atoms with Crippen LogP contribution in [-0.4, -0.2) is 33.7 Å². The van der Waals surface area contributed by atoms with Crippen LogP contribution in [0.25, 0.3) is 4.85 Å². The third-order valence-corrected chi connectivity index (χ3v) is 13.5. The summed E-state index contributed by atoms with van der Waals surface area (Å²) in [6, 6.07) is 0. The highest BCUT2D eigenvalue weighted by molar-refractivity contribution is 6.05. The number of carbonyl (C=O) groups excluding carboxylic acids is 2. The summed E-state index contributed by atoms with van der Waals surface area (Å²) in [5.74, 6) is -0.524. The first-order chi connectivity index (χ1) is 17.5. The average molecular weight is 522 g/mol. The van der Waals surface area contributed by atoms with Crippen LogP contribution in [-0.2, 0) is 14.3 Å². The molecule has 0 aromatic carbocycles. The molecule has 6 heteroatoms. The molecule has 4 fully saturated rings. The Labute approximate surface area is 226 Å². The van der Waals surface area contributed by atoms with Gasteiger partial charge in [0.15, 0.2) is 11.4 Å². The molecule has 1 aliphatic heterocycles. The van der Waals surface area contributed by atoms with Gasteiger partial charge in [0, 0.05) is 16.7 Å². The van der Waals surface area contributed by atoms with Crippen LogP contribution >= 0.6 is 0 Å². The van der Waals surface area contributed by atoms with Crippen molar-refractivity contribution in [2.45, 2.75) is 112 Å². The first-order valence-corrected chi connectivity index (χ1v) is 14.5. The molecule has 9 atom stereocenters. The van der Waals surface area contributed by atoms with Gasteiger partial charge in [0.2, 0.25) is 5.70 Å². The van der Waals surface area contributed by atoms with E-state index in [2.05, 4.69) is 39.5 Å². The second kappa shape index (κ2) is 7.14. The predicted molar refractivity (Wildman–Crippen MR) is 142 cm³/mol. The maximum atomic E-state index is 14.6. The third-order valence-electron chi connectivity index (χ3n) is 13.5. The lowest BCUT2D eigenvalue weighted by atomic mass is 9.33. The van der Waals surface area contributed by atoms with Gasteiger partial charge in [-0.05, 0) is 86.5 Å². The van der Waals surface area contributed by atoms with Crippen molar-refractivity contribution in [2.24, 2.45) is 44.3 Å². The van der Waals surface area contributed by atoms with Crippen LogP contribution in [0.15, 0.2) is 23.1 Å². The molecule has 38 heavy (non-hydrogen) atoms. The Morgan fingerprint density at radius 1 is 1.03 bits per heavy atom. The molecule has 6 nitrogen and oxygen atoms in total. The van der Waals surface area contributed by atoms with Gasteiger partial charge in [-0.25, -0.2) is 4.85 Å². The smallest absolute Gasteiger partial charge is 0.313 e. The number of ether oxygens (including phenoxy) is 1. The minimum absolute atomic E-state index is 0.00407. The van der Waals surface area contributed by atoms with Crippen LogP contribution in [0, 0.1) is 50.9 Å². The molecule has 1 heterocycles. The first-order valence-electron chi connectivity index (χ1n) is 14.5. The van der Waals surface area contributed by atoms with Gasteiger partial charge in [0.05, 0.1) is 18.1 Å². The first kappa shape index (κ1) is 26.1. The van der Waals surface area contributed by atoms with E-state index in [1.54, 1.807) is 13.0 Å². The Hall–Kier alpha value is -2.13. The number of hydrogen-bond donors (Lipinski definition) is 2. The van der Waals surface area contributed by atoms with E-state index in [9.17, 15) is 19.8 Å². The Balaban J connectivity index is 1.58. The molecule has 2 N–H and O–H groups in total. The van der Waals surface area contributed by atoms with E-state index in [4.69, 9.17) is 11.3 Å². The summed E-state index contributed by atoms with van der Waals surface area (Å²) in [7, 11) is 0. The summed E-state index contributed by atoms with van der Waals surface area (Å²) in [6.07, 6.45) is 6.86. The number of fused-ring (bicyclic) bond motifs is 4. The number of hydrogen-bond acceptors (Lipinski definition) is 5. The fourth-order valence-electron chi connectivity index (χ4n) is 10.9. The molecular weight excluding hydrogens is 478 g/mol. The molecule has 6 rings (SSSR count). The van der Waals surface area contributed by atoms with Crippen LogP contribution in [0.3, 0.4) is 0 Å². The van der Waals surface area contributed by atoms with Gasteiger partial charge in [-0.2, -0.15) is 0 Å². The number of rotatable bonds is 1. The van der Waals surface area contributed by atoms with E-state index in [1.165, 1.54) is 0 Å². The number of aliphatic hydroxyl groups is 2. The highest BCUT2D eigenvalue weighted by Crippen LogP contribution is 2.79. The van der Waals surface area contributed by atoms with Crippen molar-refractivity contribution < 1.29 is 24.5 Å². The van der Waals surface area contributed by atoms with Crippen molar-refractivity contribution in [3.8, 4) is 0 Å². The maximum absolute atomic E-state index is 14.6. The second-order valence-corrected chi connectivity index (χ2v) is 15.3. The average Bonchev–Trinajstić information content (AvgIpc) is 3.03. The van der Waals surface area contributed by atoms with Crippen molar-refractivity contribution in [2.75, 3.05) is 0 Å². The molecule has 0 aromatic heterocycles. The molecule has 1 saturated heterocycles. The monoisotopic (exact) mass is 521 g/mol. The minimum atomic E-state index is -1.16. The minimum Gasteiger partial charge on any atom is -0.523 e. The molecule has 206 valence electrons. The largest absolute Gasteiger partial charge is 0.523 e. The number of carbonyl (C=O) groups is 2. The fraction of sp³-hybridized carbons (Fsp3) is 0.781. The summed E-state index contributed by atoms with van der Waals surface area (Å²) in [5.41, 5.74) is -2.96. The molecular formula is C32H43NO5. The number of ketones is 1. The Morgan fingerprint density at radius 2 is 1.68 bits per heavy atom. The number of aliphatic hydroxyl groups excluding tert-OH is 2. The zero-order valence-electron chi connectivity index (χ0n) is 24.0. The van der Waals surface area contributed by atoms with Gasteiger partial charge in [-0.1, -0.05) is 47.1 Å². The Bertz CT molecular complexity index is 1270. The zero-order valence-corrected chi connectivity index (χ0v) is 24.0. The lowest BCUT2D eigenvalue weighted by Crippen LogP contribution is -2.71. The van der Waals surface area contributed by atoms with Crippen LogP contribution in [0.5, 0.6) is 0 Å². The number of nitrogens with zero attached hydrogens (tertiary/aromatic N) is 1. The van der Waals surface area contributed by atoms with Crippen molar-refractivity contribution in [1.82, 2.24) is 0 Å². The quantitative estimate of drug-likeness (QED) is 0.312. The topological polar surface area (TPSA) is 88.2 Å². The number of allylic oxidation sites excluding steroid dienone is 2. The van der Waals surface area contributed by atoms with E-state index >= 15 is 0 Å². The molecule has 1 spiro atoms. The van der Waals surface area contributed by atoms with Crippen molar-refractivity contribution in [3.63, 3.8) is 0 Å². The van der Waals surface area contributed by atoms with E-state index in [0.717, 1.165) is 50.5 Å². The molecule has 3 saturated carbocycles. The zero-order chi connectivity index (χ0) is 27.9. The Kier molecular flexibility index (Phi) is 4.90. The summed E-state index contributed by atoms with van der Waals surface area (Å²) in [6.45, 7) is 22.5. The molecule has 0 radical (unpaired) electrons. The van der Waals surface area contributed by atoms with Crippen molar-refractivity contribution in [3.05, 3.63) is 34.5 Å². The molecule has 5 aliphatic carbocycles. The fourth-order valence-corrected chi connectivity index (χ4v) is 10.9. The van der Waals surface area contributed by atoms with E-state index in [0.29, 0.717) is 6.42 Å². The Morgan fingerprint density at radius 3 is 2.32 bits per heavy atom. The standard InChI is InChI=1S/C32H43NO5/c1-18(34)30(7)20-9-10-28(5)21(27(20,4)16-19(33-8)24(30)36)15-23(35)32-22-17-26(2,3)11-13-31(22,25(37)38-32)14-12-29(28,32)6/h15,18,20,22,34,36H,9-14,16-17H2,1-7H3/t18?,20-,22-,27+,28-,29+,30+,31+,32-/m1/s1. The lowest BCUT2D eigenvalue weighted by molar-refractivity contribution is -0.209. The molecule has 2 bridgehead atoms. The molecule has 6 aliphatic rings. The van der Waals surface area contributed by atoms with Crippen LogP contribution in [0.4, 0.5) is 0 Å². The van der Waals surface area contributed by atoms with Gasteiger partial charge in [0.25, 0.3) is 0 Å². The molecule has 0 aromatic rings. The predicted octanol–water partition coefficient (Wildman–Crippen LogP) is 6.31. The second-order valence-electron chi connectivity index (χ2n) is 15.3. The van der Waals surface area contributed by atoms with Gasteiger partial charge in [-0.3, -0.25) is 9.59 Å². The van der Waals surface area contributed by atoms with Gasteiger partial charge in [0.1, 0.15) is 5.76 Å². The van der Waals surface area contributed by atoms with E-state index < -0.39 is 38.8 Å². The lowest BCUT2D eigenvalue weighted by Gasteiger charge is -2.69. The van der Waals surface area contributed by atoms with Gasteiger partial charge >= 0.3 is 5.97 Å². The van der Waals surface area contributed by atoms with Crippen LogP contribution < -0.4 is 0 Å². The summed E-state index contributed by atoms with van der Waals surface area (Å²) in [5, 5.41) is 22.2. The summed E-state index contributed by atoms with van der Waals surface area (Å²) >= 11 is 0. The molecule has 1 unspecified atom stereocenters. The van der Waals surface area contributed by atoms with E-state index in [-0.39, 0.29) is 40.5 Å².